The van der Waals surface area contributed by atoms with Gasteiger partial charge < -0.3 is 26.6 Å². The van der Waals surface area contributed by atoms with Gasteiger partial charge in [0.25, 0.3) is 0 Å². The maximum absolute atomic E-state index is 13.4. The van der Waals surface area contributed by atoms with Crippen molar-refractivity contribution in [1.29, 1.82) is 0 Å². The molecule has 0 spiro atoms. The van der Waals surface area contributed by atoms with E-state index in [9.17, 15) is 18.0 Å². The molecule has 0 unspecified atom stereocenters. The lowest BCUT2D eigenvalue weighted by Crippen LogP contribution is -2.35. The molecule has 0 aromatic carbocycles. The van der Waals surface area contributed by atoms with Crippen LogP contribution in [0.4, 0.5) is 24.8 Å². The molecule has 1 amide bonds. The average Bonchev–Trinajstić information content (AvgIpc) is 3.31. The highest BCUT2D eigenvalue weighted by Crippen LogP contribution is 2.33. The first-order valence-electron chi connectivity index (χ1n) is 11.5. The number of hydrogen-bond donors (Lipinski definition) is 3. The first-order valence-corrected chi connectivity index (χ1v) is 11.5. The number of aliphatic imine (C=N–C) groups is 1. The van der Waals surface area contributed by atoms with Crippen molar-refractivity contribution in [2.24, 2.45) is 22.4 Å². The molecule has 2 aliphatic heterocycles. The minimum Gasteiger partial charge on any atom is -0.370 e. The number of halogens is 3. The fourth-order valence-corrected chi connectivity index (χ4v) is 4.29. The number of anilines is 2. The monoisotopic (exact) mass is 470 g/mol. The maximum Gasteiger partial charge on any atom is 0.451 e. The van der Waals surface area contributed by atoms with Gasteiger partial charge in [-0.25, -0.2) is 9.97 Å². The van der Waals surface area contributed by atoms with Crippen LogP contribution in [-0.2, 0) is 11.0 Å². The Bertz CT molecular complexity index is 814. The summed E-state index contributed by atoms with van der Waals surface area (Å²) in [5.41, 5.74) is 10.5. The number of hydrogen-bond acceptors (Lipinski definition) is 6. The van der Waals surface area contributed by atoms with Crippen molar-refractivity contribution in [3.05, 3.63) is 11.9 Å². The van der Waals surface area contributed by atoms with E-state index >= 15 is 0 Å². The second-order valence-corrected chi connectivity index (χ2v) is 8.58. The summed E-state index contributed by atoms with van der Waals surface area (Å²) in [5.74, 6) is 0.0379. The van der Waals surface area contributed by atoms with E-state index < -0.39 is 12.0 Å². The standard InChI is InChI=1S/C21H33F3N8O/c22-21(23,24)19-29-16(31-10-1-2-11-31)14-17(30-19)32-12-6-15(7-13-32)4-3-5-18(33)27-8-9-28-20(25)26/h14-15H,1-13H2,(H,27,33)(H4,25,26,28). The summed E-state index contributed by atoms with van der Waals surface area (Å²) in [6.45, 7) is 3.47. The Labute approximate surface area is 191 Å². The van der Waals surface area contributed by atoms with Crippen LogP contribution in [0, 0.1) is 5.92 Å². The fourth-order valence-electron chi connectivity index (χ4n) is 4.29. The van der Waals surface area contributed by atoms with Gasteiger partial charge in [0, 0.05) is 45.2 Å². The molecule has 1 aromatic rings. The van der Waals surface area contributed by atoms with Crippen molar-refractivity contribution in [2.75, 3.05) is 49.1 Å². The number of piperidine rings is 1. The quantitative estimate of drug-likeness (QED) is 0.286. The normalized spacial score (nSPS) is 17.3. The minimum absolute atomic E-state index is 0.000504. The first-order chi connectivity index (χ1) is 15.7. The highest BCUT2D eigenvalue weighted by atomic mass is 19.4. The van der Waals surface area contributed by atoms with Crippen LogP contribution in [0.25, 0.3) is 0 Å². The third-order valence-corrected chi connectivity index (χ3v) is 6.07. The predicted octanol–water partition coefficient (Wildman–Crippen LogP) is 1.87. The lowest BCUT2D eigenvalue weighted by Gasteiger charge is -2.33. The number of carbonyl (C=O) groups is 1. The number of nitrogens with two attached hydrogens (primary N) is 2. The van der Waals surface area contributed by atoms with Gasteiger partial charge in [0.2, 0.25) is 11.7 Å². The molecule has 9 nitrogen and oxygen atoms in total. The molecule has 12 heteroatoms. The van der Waals surface area contributed by atoms with Gasteiger partial charge >= 0.3 is 6.18 Å². The van der Waals surface area contributed by atoms with Crippen LogP contribution in [0.5, 0.6) is 0 Å². The van der Waals surface area contributed by atoms with Crippen molar-refractivity contribution in [3.8, 4) is 0 Å². The molecule has 5 N–H and O–H groups in total. The summed E-state index contributed by atoms with van der Waals surface area (Å²) in [4.78, 5) is 27.1. The van der Waals surface area contributed by atoms with Crippen LogP contribution in [0.3, 0.4) is 0 Å². The first kappa shape index (κ1) is 24.8. The van der Waals surface area contributed by atoms with E-state index in [-0.39, 0.29) is 11.9 Å². The number of alkyl halides is 3. The molecule has 3 rings (SSSR count). The van der Waals surface area contributed by atoms with Crippen molar-refractivity contribution >= 4 is 23.5 Å². The molecule has 2 saturated heterocycles. The van der Waals surface area contributed by atoms with Crippen LogP contribution in [0.1, 0.15) is 50.8 Å². The number of guanidine groups is 1. The number of carbonyl (C=O) groups excluding carboxylic acids is 1. The second-order valence-electron chi connectivity index (χ2n) is 8.58. The van der Waals surface area contributed by atoms with Crippen LogP contribution in [-0.4, -0.2) is 61.1 Å². The molecular formula is C21H33F3N8O. The van der Waals surface area contributed by atoms with E-state index in [4.69, 9.17) is 11.5 Å². The number of nitrogens with zero attached hydrogens (tertiary/aromatic N) is 5. The largest absolute Gasteiger partial charge is 0.451 e. The van der Waals surface area contributed by atoms with Crippen LogP contribution in [0.15, 0.2) is 11.1 Å². The molecule has 0 radical (unpaired) electrons. The Hall–Kier alpha value is -2.79. The lowest BCUT2D eigenvalue weighted by atomic mass is 9.91. The fraction of sp³-hybridized carbons (Fsp3) is 0.714. The summed E-state index contributed by atoms with van der Waals surface area (Å²) < 4.78 is 40.2. The smallest absolute Gasteiger partial charge is 0.370 e. The molecule has 0 bridgehead atoms. The lowest BCUT2D eigenvalue weighted by molar-refractivity contribution is -0.144. The van der Waals surface area contributed by atoms with E-state index in [0.29, 0.717) is 50.2 Å². The number of nitrogens with one attached hydrogen (secondary N) is 1. The van der Waals surface area contributed by atoms with Gasteiger partial charge in [-0.3, -0.25) is 9.79 Å². The van der Waals surface area contributed by atoms with Gasteiger partial charge in [0.15, 0.2) is 5.96 Å². The molecular weight excluding hydrogens is 437 g/mol. The summed E-state index contributed by atoms with van der Waals surface area (Å²) in [6, 6.07) is 1.69. The van der Waals surface area contributed by atoms with E-state index in [1.165, 1.54) is 0 Å². The summed E-state index contributed by atoms with van der Waals surface area (Å²) in [6.07, 6.45) is 1.16. The molecule has 2 aliphatic rings. The van der Waals surface area contributed by atoms with Gasteiger partial charge in [0.1, 0.15) is 11.6 Å². The molecule has 0 atom stereocenters. The highest BCUT2D eigenvalue weighted by molar-refractivity contribution is 5.76. The zero-order valence-corrected chi connectivity index (χ0v) is 18.8. The van der Waals surface area contributed by atoms with Gasteiger partial charge in [-0.05, 0) is 44.4 Å². The molecule has 2 fully saturated rings. The van der Waals surface area contributed by atoms with E-state index in [0.717, 1.165) is 51.6 Å². The number of rotatable bonds is 9. The molecule has 184 valence electrons. The Morgan fingerprint density at radius 3 is 2.27 bits per heavy atom. The number of amides is 1. The van der Waals surface area contributed by atoms with Crippen LogP contribution >= 0.6 is 0 Å². The van der Waals surface area contributed by atoms with E-state index in [1.807, 2.05) is 9.80 Å². The Morgan fingerprint density at radius 1 is 1.09 bits per heavy atom. The topological polar surface area (TPSA) is 126 Å². The van der Waals surface area contributed by atoms with Crippen molar-refractivity contribution in [2.45, 2.75) is 51.1 Å². The van der Waals surface area contributed by atoms with Crippen LogP contribution < -0.4 is 26.6 Å². The SMILES string of the molecule is NC(N)=NCCNC(=O)CCCC1CCN(c2cc(N3CCCC3)nc(C(F)(F)F)n2)CC1. The summed E-state index contributed by atoms with van der Waals surface area (Å²) in [7, 11) is 0. The van der Waals surface area contributed by atoms with Gasteiger partial charge in [-0.15, -0.1) is 0 Å². The zero-order valence-electron chi connectivity index (χ0n) is 18.8. The van der Waals surface area contributed by atoms with Crippen molar-refractivity contribution in [3.63, 3.8) is 0 Å². The van der Waals surface area contributed by atoms with Crippen molar-refractivity contribution in [1.82, 2.24) is 15.3 Å². The zero-order chi connectivity index (χ0) is 23.8. The third-order valence-electron chi connectivity index (χ3n) is 6.07. The molecule has 1 aromatic heterocycles. The maximum atomic E-state index is 13.4. The number of aromatic nitrogens is 2. The molecule has 0 saturated carbocycles. The Morgan fingerprint density at radius 2 is 1.70 bits per heavy atom. The second kappa shape index (κ2) is 11.4. The highest BCUT2D eigenvalue weighted by Gasteiger charge is 2.37. The third kappa shape index (κ3) is 7.64. The van der Waals surface area contributed by atoms with Gasteiger partial charge in [0.05, 0.1) is 6.54 Å². The van der Waals surface area contributed by atoms with Crippen molar-refractivity contribution < 1.29 is 18.0 Å². The average molecular weight is 471 g/mol. The van der Waals surface area contributed by atoms with Gasteiger partial charge in [-0.1, -0.05) is 0 Å². The van der Waals surface area contributed by atoms with Crippen LogP contribution in [0.2, 0.25) is 0 Å². The summed E-state index contributed by atoms with van der Waals surface area (Å²) >= 11 is 0. The van der Waals surface area contributed by atoms with E-state index in [2.05, 4.69) is 20.3 Å². The van der Waals surface area contributed by atoms with Gasteiger partial charge in [-0.2, -0.15) is 13.2 Å². The Kier molecular flexibility index (Phi) is 8.56. The molecule has 3 heterocycles. The predicted molar refractivity (Wildman–Crippen MR) is 121 cm³/mol. The molecule has 33 heavy (non-hydrogen) atoms. The Balaban J connectivity index is 1.48. The van der Waals surface area contributed by atoms with E-state index in [1.54, 1.807) is 6.07 Å². The summed E-state index contributed by atoms with van der Waals surface area (Å²) in [5, 5.41) is 2.77. The molecule has 0 aliphatic carbocycles. The minimum atomic E-state index is -4.58.